The number of morpholine rings is 1. The molecule has 2 aliphatic heterocycles. The number of nitrogens with zero attached hydrogens (tertiary/aromatic N) is 2. The summed E-state index contributed by atoms with van der Waals surface area (Å²) in [7, 11) is 0. The van der Waals surface area contributed by atoms with E-state index in [1.165, 1.54) is 0 Å². The molecule has 32 heavy (non-hydrogen) atoms. The van der Waals surface area contributed by atoms with Crippen LogP contribution in [-0.4, -0.2) is 73.6 Å². The number of fused-ring (bicyclic) bond motifs is 1. The van der Waals surface area contributed by atoms with Gasteiger partial charge in [0.2, 0.25) is 5.91 Å². The summed E-state index contributed by atoms with van der Waals surface area (Å²) < 4.78 is 5.86. The van der Waals surface area contributed by atoms with Crippen molar-refractivity contribution in [2.45, 2.75) is 32.8 Å². The molecule has 2 aromatic carbocycles. The van der Waals surface area contributed by atoms with E-state index in [0.29, 0.717) is 37.7 Å². The lowest BCUT2D eigenvalue weighted by Gasteiger charge is -2.35. The summed E-state index contributed by atoms with van der Waals surface area (Å²) in [5.74, 6) is 0.498. The topological polar surface area (TPSA) is 61.9 Å². The number of hydrogen-bond acceptors (Lipinski definition) is 4. The molecule has 4 rings (SSSR count). The Balaban J connectivity index is 1.33. The average molecular weight is 438 g/mol. The molecule has 0 bridgehead atoms. The van der Waals surface area contributed by atoms with E-state index in [1.54, 1.807) is 0 Å². The third kappa shape index (κ3) is 5.48. The first-order valence-corrected chi connectivity index (χ1v) is 11.9. The Morgan fingerprint density at radius 1 is 1.09 bits per heavy atom. The van der Waals surface area contributed by atoms with Crippen molar-refractivity contribution in [3.8, 4) is 0 Å². The third-order valence-electron chi connectivity index (χ3n) is 6.45. The molecular formula is C26H35N3O3. The van der Waals surface area contributed by atoms with Gasteiger partial charge in [0.1, 0.15) is 0 Å². The number of ether oxygens (including phenoxy) is 1. The van der Waals surface area contributed by atoms with Crippen LogP contribution < -0.4 is 5.32 Å². The van der Waals surface area contributed by atoms with Crippen molar-refractivity contribution in [2.75, 3.05) is 45.9 Å². The number of nitrogens with one attached hydrogen (secondary N) is 1. The zero-order valence-corrected chi connectivity index (χ0v) is 19.3. The highest BCUT2D eigenvalue weighted by molar-refractivity contribution is 6.07. The highest BCUT2D eigenvalue weighted by Gasteiger charge is 2.30. The number of likely N-dealkylation sites (tertiary alicyclic amines) is 1. The Morgan fingerprint density at radius 2 is 1.91 bits per heavy atom. The van der Waals surface area contributed by atoms with E-state index in [9.17, 15) is 9.59 Å². The van der Waals surface area contributed by atoms with Gasteiger partial charge in [0.25, 0.3) is 5.91 Å². The number of amides is 2. The van der Waals surface area contributed by atoms with E-state index in [4.69, 9.17) is 4.74 Å². The molecule has 2 amide bonds. The first-order chi connectivity index (χ1) is 15.5. The molecular weight excluding hydrogens is 402 g/mol. The molecule has 172 valence electrons. The Morgan fingerprint density at radius 3 is 2.75 bits per heavy atom. The molecule has 1 N–H and O–H groups in total. The quantitative estimate of drug-likeness (QED) is 0.754. The molecule has 2 saturated heterocycles. The Kier molecular flexibility index (Phi) is 7.43. The highest BCUT2D eigenvalue weighted by Crippen LogP contribution is 2.23. The van der Waals surface area contributed by atoms with Gasteiger partial charge in [-0.05, 0) is 35.6 Å². The summed E-state index contributed by atoms with van der Waals surface area (Å²) in [5, 5.41) is 5.12. The minimum Gasteiger partial charge on any atom is -0.374 e. The van der Waals surface area contributed by atoms with Gasteiger partial charge in [0, 0.05) is 44.8 Å². The van der Waals surface area contributed by atoms with Gasteiger partial charge in [-0.15, -0.1) is 0 Å². The van der Waals surface area contributed by atoms with Gasteiger partial charge in [-0.3, -0.25) is 14.5 Å². The Labute approximate surface area is 190 Å². The predicted octanol–water partition coefficient (Wildman–Crippen LogP) is 3.17. The molecule has 0 unspecified atom stereocenters. The Bertz CT molecular complexity index is 940. The van der Waals surface area contributed by atoms with Gasteiger partial charge in [0.15, 0.2) is 0 Å². The van der Waals surface area contributed by atoms with Gasteiger partial charge < -0.3 is 15.0 Å². The molecule has 0 saturated carbocycles. The summed E-state index contributed by atoms with van der Waals surface area (Å²) in [4.78, 5) is 30.4. The molecule has 6 nitrogen and oxygen atoms in total. The number of piperidine rings is 1. The lowest BCUT2D eigenvalue weighted by Crippen LogP contribution is -2.50. The van der Waals surface area contributed by atoms with Crippen LogP contribution in [0.2, 0.25) is 0 Å². The molecule has 2 atom stereocenters. The number of benzene rings is 2. The zero-order valence-electron chi connectivity index (χ0n) is 19.3. The molecule has 0 aliphatic carbocycles. The van der Waals surface area contributed by atoms with Crippen LogP contribution in [0, 0.1) is 11.8 Å². The molecule has 0 aromatic heterocycles. The smallest absolute Gasteiger partial charge is 0.254 e. The average Bonchev–Trinajstić information content (AvgIpc) is 2.81. The molecule has 0 radical (unpaired) electrons. The third-order valence-corrected chi connectivity index (χ3v) is 6.45. The van der Waals surface area contributed by atoms with Crippen molar-refractivity contribution in [1.82, 2.24) is 15.1 Å². The fraction of sp³-hybridized carbons (Fsp3) is 0.538. The van der Waals surface area contributed by atoms with E-state index >= 15 is 0 Å². The van der Waals surface area contributed by atoms with E-state index in [1.807, 2.05) is 47.4 Å². The van der Waals surface area contributed by atoms with Crippen molar-refractivity contribution >= 4 is 22.6 Å². The summed E-state index contributed by atoms with van der Waals surface area (Å²) in [6.07, 6.45) is 1.69. The monoisotopic (exact) mass is 437 g/mol. The SMILES string of the molecule is CC(C)CN1CCO[C@H](CNC(=O)[C@H]2CCCN(C(=O)c3cccc4ccccc34)C2)C1. The normalized spacial score (nSPS) is 22.3. The molecule has 6 heteroatoms. The summed E-state index contributed by atoms with van der Waals surface area (Å²) in [6, 6.07) is 13.8. The molecule has 0 spiro atoms. The maximum Gasteiger partial charge on any atom is 0.254 e. The minimum atomic E-state index is -0.168. The number of carbonyl (C=O) groups is 2. The standard InChI is InChI=1S/C26H35N3O3/c1-19(2)16-28-13-14-32-22(18-28)15-27-25(30)21-9-6-12-29(17-21)26(31)24-11-5-8-20-7-3-4-10-23(20)24/h3-5,7-8,10-11,19,21-22H,6,9,12-18H2,1-2H3,(H,27,30)/t21-,22+/m0/s1. The van der Waals surface area contributed by atoms with E-state index in [0.717, 1.165) is 43.2 Å². The molecule has 2 heterocycles. The second-order valence-electron chi connectivity index (χ2n) is 9.51. The summed E-state index contributed by atoms with van der Waals surface area (Å²) in [6.45, 7) is 9.72. The lowest BCUT2D eigenvalue weighted by molar-refractivity contribution is -0.127. The minimum absolute atomic E-state index is 0.0132. The van der Waals surface area contributed by atoms with Crippen molar-refractivity contribution in [3.05, 3.63) is 48.0 Å². The zero-order chi connectivity index (χ0) is 22.5. The van der Waals surface area contributed by atoms with Crippen molar-refractivity contribution in [3.63, 3.8) is 0 Å². The van der Waals surface area contributed by atoms with Crippen LogP contribution in [0.25, 0.3) is 10.8 Å². The van der Waals surface area contributed by atoms with Crippen LogP contribution >= 0.6 is 0 Å². The van der Waals surface area contributed by atoms with Crippen LogP contribution in [0.4, 0.5) is 0 Å². The fourth-order valence-corrected chi connectivity index (χ4v) is 4.90. The van der Waals surface area contributed by atoms with Gasteiger partial charge in [0.05, 0.1) is 18.6 Å². The van der Waals surface area contributed by atoms with Crippen molar-refractivity contribution in [2.24, 2.45) is 11.8 Å². The van der Waals surface area contributed by atoms with Gasteiger partial charge in [-0.25, -0.2) is 0 Å². The second-order valence-corrected chi connectivity index (χ2v) is 9.51. The van der Waals surface area contributed by atoms with Crippen molar-refractivity contribution < 1.29 is 14.3 Å². The maximum atomic E-state index is 13.3. The van der Waals surface area contributed by atoms with Crippen LogP contribution in [-0.2, 0) is 9.53 Å². The van der Waals surface area contributed by atoms with E-state index < -0.39 is 0 Å². The van der Waals surface area contributed by atoms with Crippen LogP contribution in [0.15, 0.2) is 42.5 Å². The summed E-state index contributed by atoms with van der Waals surface area (Å²) in [5.41, 5.74) is 0.713. The van der Waals surface area contributed by atoms with E-state index in [-0.39, 0.29) is 23.8 Å². The molecule has 2 fully saturated rings. The summed E-state index contributed by atoms with van der Waals surface area (Å²) >= 11 is 0. The number of carbonyl (C=O) groups excluding carboxylic acids is 2. The fourth-order valence-electron chi connectivity index (χ4n) is 4.90. The molecule has 2 aliphatic rings. The highest BCUT2D eigenvalue weighted by atomic mass is 16.5. The van der Waals surface area contributed by atoms with Crippen LogP contribution in [0.3, 0.4) is 0 Å². The van der Waals surface area contributed by atoms with Gasteiger partial charge in [-0.1, -0.05) is 50.2 Å². The number of rotatable bonds is 6. The Hall–Kier alpha value is -2.44. The molecule has 2 aromatic rings. The maximum absolute atomic E-state index is 13.3. The second kappa shape index (κ2) is 10.5. The predicted molar refractivity (Wildman–Crippen MR) is 127 cm³/mol. The van der Waals surface area contributed by atoms with Gasteiger partial charge >= 0.3 is 0 Å². The lowest BCUT2D eigenvalue weighted by atomic mass is 9.95. The number of hydrogen-bond donors (Lipinski definition) is 1. The largest absolute Gasteiger partial charge is 0.374 e. The van der Waals surface area contributed by atoms with Crippen LogP contribution in [0.1, 0.15) is 37.0 Å². The first-order valence-electron chi connectivity index (χ1n) is 11.9. The van der Waals surface area contributed by atoms with Crippen LogP contribution in [0.5, 0.6) is 0 Å². The first kappa shape index (κ1) is 22.7. The van der Waals surface area contributed by atoms with Gasteiger partial charge in [-0.2, -0.15) is 0 Å². The van der Waals surface area contributed by atoms with E-state index in [2.05, 4.69) is 24.1 Å². The van der Waals surface area contributed by atoms with Crippen molar-refractivity contribution in [1.29, 1.82) is 0 Å².